The second-order valence-electron chi connectivity index (χ2n) is 9.71. The van der Waals surface area contributed by atoms with Gasteiger partial charge in [-0.2, -0.15) is 0 Å². The first-order valence-corrected chi connectivity index (χ1v) is 11.9. The molecule has 9 nitrogen and oxygen atoms in total. The number of ether oxygens (including phenoxy) is 2. The van der Waals surface area contributed by atoms with E-state index in [-0.39, 0.29) is 17.9 Å². The Morgan fingerprint density at radius 2 is 1.89 bits per heavy atom. The van der Waals surface area contributed by atoms with E-state index < -0.39 is 5.63 Å². The molecule has 5 rings (SSSR count). The highest BCUT2D eigenvalue weighted by Gasteiger charge is 2.32. The average molecular weight is 479 g/mol. The summed E-state index contributed by atoms with van der Waals surface area (Å²) in [7, 11) is 1.58. The number of rotatable bonds is 4. The van der Waals surface area contributed by atoms with Crippen LogP contribution in [0.3, 0.4) is 0 Å². The van der Waals surface area contributed by atoms with Gasteiger partial charge in [0, 0.05) is 50.2 Å². The van der Waals surface area contributed by atoms with Gasteiger partial charge in [0.25, 0.3) is 0 Å². The van der Waals surface area contributed by atoms with Crippen molar-refractivity contribution in [1.82, 2.24) is 14.9 Å². The molecular weight excluding hydrogens is 448 g/mol. The number of hydrogen-bond acceptors (Lipinski definition) is 8. The van der Waals surface area contributed by atoms with Crippen LogP contribution in [-0.2, 0) is 17.6 Å². The zero-order valence-electron chi connectivity index (χ0n) is 20.6. The predicted molar refractivity (Wildman–Crippen MR) is 131 cm³/mol. The molecule has 35 heavy (non-hydrogen) atoms. The molecule has 1 aromatic carbocycles. The fraction of sp³-hybridized carbons (Fsp3) is 0.462. The third-order valence-electron chi connectivity index (χ3n) is 6.95. The minimum absolute atomic E-state index is 0.0181. The summed E-state index contributed by atoms with van der Waals surface area (Å²) in [6.07, 6.45) is 4.94. The third-order valence-corrected chi connectivity index (χ3v) is 6.95. The molecule has 2 aromatic heterocycles. The van der Waals surface area contributed by atoms with E-state index in [0.717, 1.165) is 23.8 Å². The van der Waals surface area contributed by atoms with Gasteiger partial charge in [0.1, 0.15) is 22.7 Å². The van der Waals surface area contributed by atoms with Crippen molar-refractivity contribution in [3.05, 3.63) is 51.6 Å². The molecule has 0 bridgehead atoms. The van der Waals surface area contributed by atoms with Crippen LogP contribution in [0.5, 0.6) is 11.5 Å². The molecule has 0 aliphatic carbocycles. The molecule has 0 radical (unpaired) electrons. The highest BCUT2D eigenvalue weighted by molar-refractivity contribution is 5.93. The molecule has 4 heterocycles. The van der Waals surface area contributed by atoms with E-state index in [0.29, 0.717) is 60.3 Å². The van der Waals surface area contributed by atoms with Gasteiger partial charge in [0.05, 0.1) is 24.5 Å². The standard InChI is InChI=1S/C26H30N4O5/c1-16-18(14-21(31)29-10-12-30(13-11-29)25-27-8-5-9-28-25)24(32)34-23-17-6-7-26(2,3)35-19(17)15-20(33-4)22(16)23/h5,8-9,15H,6-7,10-14H2,1-4H3. The molecule has 1 saturated heterocycles. The van der Waals surface area contributed by atoms with Crippen LogP contribution in [-0.4, -0.2) is 59.7 Å². The number of methoxy groups -OCH3 is 1. The highest BCUT2D eigenvalue weighted by atomic mass is 16.5. The molecule has 0 saturated carbocycles. The molecule has 9 heteroatoms. The average Bonchev–Trinajstić information content (AvgIpc) is 2.85. The van der Waals surface area contributed by atoms with Crippen LogP contribution in [0.1, 0.15) is 37.0 Å². The molecule has 2 aliphatic heterocycles. The number of aromatic nitrogens is 2. The van der Waals surface area contributed by atoms with Crippen molar-refractivity contribution in [1.29, 1.82) is 0 Å². The van der Waals surface area contributed by atoms with Gasteiger partial charge in [0.2, 0.25) is 11.9 Å². The van der Waals surface area contributed by atoms with E-state index in [1.807, 2.05) is 26.8 Å². The van der Waals surface area contributed by atoms with Gasteiger partial charge >= 0.3 is 5.63 Å². The smallest absolute Gasteiger partial charge is 0.340 e. The summed E-state index contributed by atoms with van der Waals surface area (Å²) >= 11 is 0. The van der Waals surface area contributed by atoms with Crippen molar-refractivity contribution in [2.75, 3.05) is 38.2 Å². The number of fused-ring (bicyclic) bond motifs is 3. The minimum atomic E-state index is -0.486. The van der Waals surface area contributed by atoms with Crippen molar-refractivity contribution in [3.63, 3.8) is 0 Å². The molecule has 184 valence electrons. The Morgan fingerprint density at radius 3 is 2.57 bits per heavy atom. The molecule has 3 aromatic rings. The second-order valence-corrected chi connectivity index (χ2v) is 9.71. The summed E-state index contributed by atoms with van der Waals surface area (Å²) in [6, 6.07) is 3.64. The monoisotopic (exact) mass is 478 g/mol. The number of hydrogen-bond donors (Lipinski definition) is 0. The first-order chi connectivity index (χ1) is 16.8. The van der Waals surface area contributed by atoms with Crippen LogP contribution in [0, 0.1) is 6.92 Å². The molecule has 1 fully saturated rings. The van der Waals surface area contributed by atoms with Crippen molar-refractivity contribution in [2.24, 2.45) is 0 Å². The molecule has 2 aliphatic rings. The van der Waals surface area contributed by atoms with Crippen LogP contribution in [0.2, 0.25) is 0 Å². The largest absolute Gasteiger partial charge is 0.496 e. The van der Waals surface area contributed by atoms with Gasteiger partial charge in [-0.15, -0.1) is 0 Å². The summed E-state index contributed by atoms with van der Waals surface area (Å²) in [4.78, 5) is 38.6. The number of benzene rings is 1. The maximum absolute atomic E-state index is 13.2. The Balaban J connectivity index is 1.41. The van der Waals surface area contributed by atoms with Crippen molar-refractivity contribution in [3.8, 4) is 11.5 Å². The highest BCUT2D eigenvalue weighted by Crippen LogP contribution is 2.43. The van der Waals surface area contributed by atoms with E-state index in [2.05, 4.69) is 14.9 Å². The molecule has 0 atom stereocenters. The Bertz CT molecular complexity index is 1330. The van der Waals surface area contributed by atoms with E-state index in [4.69, 9.17) is 13.9 Å². The predicted octanol–water partition coefficient (Wildman–Crippen LogP) is 2.89. The quantitative estimate of drug-likeness (QED) is 0.528. The van der Waals surface area contributed by atoms with E-state index in [9.17, 15) is 9.59 Å². The maximum atomic E-state index is 13.2. The van der Waals surface area contributed by atoms with Gasteiger partial charge in [0.15, 0.2) is 0 Å². The van der Waals surface area contributed by atoms with Crippen LogP contribution in [0.25, 0.3) is 11.0 Å². The Hall–Kier alpha value is -3.62. The molecule has 1 amide bonds. The number of carbonyl (C=O) groups excluding carboxylic acids is 1. The van der Waals surface area contributed by atoms with Crippen LogP contribution >= 0.6 is 0 Å². The number of anilines is 1. The second kappa shape index (κ2) is 8.87. The lowest BCUT2D eigenvalue weighted by molar-refractivity contribution is -0.130. The summed E-state index contributed by atoms with van der Waals surface area (Å²) in [6.45, 7) is 8.28. The first-order valence-electron chi connectivity index (χ1n) is 11.9. The summed E-state index contributed by atoms with van der Waals surface area (Å²) in [5.41, 5.74) is 1.66. The fourth-order valence-corrected chi connectivity index (χ4v) is 4.92. The van der Waals surface area contributed by atoms with E-state index >= 15 is 0 Å². The van der Waals surface area contributed by atoms with Gasteiger partial charge in [-0.3, -0.25) is 4.79 Å². The van der Waals surface area contributed by atoms with E-state index in [1.54, 1.807) is 30.5 Å². The van der Waals surface area contributed by atoms with Crippen LogP contribution < -0.4 is 20.0 Å². The van der Waals surface area contributed by atoms with Crippen molar-refractivity contribution in [2.45, 2.75) is 45.6 Å². The van der Waals surface area contributed by atoms with Gasteiger partial charge in [-0.05, 0) is 45.2 Å². The third kappa shape index (κ3) is 4.31. The van der Waals surface area contributed by atoms with Crippen molar-refractivity contribution >= 4 is 22.8 Å². The fourth-order valence-electron chi connectivity index (χ4n) is 4.92. The SMILES string of the molecule is COc1cc2c(c3oc(=O)c(CC(=O)N4CCN(c5ncccn5)CC4)c(C)c13)CCC(C)(C)O2. The Morgan fingerprint density at radius 1 is 1.17 bits per heavy atom. The molecule has 0 unspecified atom stereocenters. The van der Waals surface area contributed by atoms with Gasteiger partial charge < -0.3 is 23.7 Å². The minimum Gasteiger partial charge on any atom is -0.496 e. The molecule has 0 N–H and O–H groups in total. The molecular formula is C26H30N4O5. The normalized spacial score (nSPS) is 17.1. The van der Waals surface area contributed by atoms with E-state index in [1.165, 1.54) is 0 Å². The summed E-state index contributed by atoms with van der Waals surface area (Å²) < 4.78 is 17.6. The Kier molecular flexibility index (Phi) is 5.86. The number of amides is 1. The Labute approximate surface area is 203 Å². The lowest BCUT2D eigenvalue weighted by Gasteiger charge is -2.34. The van der Waals surface area contributed by atoms with Gasteiger partial charge in [-0.25, -0.2) is 14.8 Å². The van der Waals surface area contributed by atoms with Crippen molar-refractivity contribution < 1.29 is 18.7 Å². The molecule has 0 spiro atoms. The number of piperazine rings is 1. The maximum Gasteiger partial charge on any atom is 0.340 e. The topological polar surface area (TPSA) is 98.0 Å². The van der Waals surface area contributed by atoms with Crippen LogP contribution in [0.15, 0.2) is 33.7 Å². The number of nitrogens with zero attached hydrogens (tertiary/aromatic N) is 4. The van der Waals surface area contributed by atoms with Crippen LogP contribution in [0.4, 0.5) is 5.95 Å². The lowest BCUT2D eigenvalue weighted by atomic mass is 9.91. The number of carbonyl (C=O) groups is 1. The summed E-state index contributed by atoms with van der Waals surface area (Å²) in [5, 5.41) is 0.725. The lowest BCUT2D eigenvalue weighted by Crippen LogP contribution is -2.49. The first kappa shape index (κ1) is 23.1. The summed E-state index contributed by atoms with van der Waals surface area (Å²) in [5.74, 6) is 1.81. The van der Waals surface area contributed by atoms with Gasteiger partial charge in [-0.1, -0.05) is 0 Å². The zero-order valence-corrected chi connectivity index (χ0v) is 20.6. The zero-order chi connectivity index (χ0) is 24.7. The number of aryl methyl sites for hydroxylation is 2.